The molecule has 0 aliphatic heterocycles. The van der Waals surface area contributed by atoms with Crippen LogP contribution in [0.3, 0.4) is 0 Å². The molecule has 266 valence electrons. The number of para-hydroxylation sites is 2. The Morgan fingerprint density at radius 3 is 1.49 bits per heavy atom. The van der Waals surface area contributed by atoms with Crippen LogP contribution in [0, 0.1) is 0 Å². The van der Waals surface area contributed by atoms with Crippen molar-refractivity contribution in [1.29, 1.82) is 0 Å². The normalized spacial score (nSPS) is 13.1. The maximum Gasteiger partial charge on any atom is 0.0714 e. The molecule has 57 heavy (non-hydrogen) atoms. The van der Waals surface area contributed by atoms with Crippen LogP contribution in [0.15, 0.2) is 213 Å². The molecule has 3 nitrogen and oxygen atoms in total. The average molecular weight is 726 g/mol. The lowest BCUT2D eigenvalue weighted by atomic mass is 9.67. The van der Waals surface area contributed by atoms with Crippen LogP contribution in [0.25, 0.3) is 77.2 Å². The van der Waals surface area contributed by atoms with Gasteiger partial charge in [-0.25, -0.2) is 0 Å². The number of benzene rings is 8. The van der Waals surface area contributed by atoms with Crippen molar-refractivity contribution >= 4 is 43.6 Å². The van der Waals surface area contributed by atoms with Crippen molar-refractivity contribution in [1.82, 2.24) is 14.1 Å². The summed E-state index contributed by atoms with van der Waals surface area (Å²) < 4.78 is 4.79. The van der Waals surface area contributed by atoms with E-state index in [0.29, 0.717) is 0 Å². The molecule has 0 saturated heterocycles. The van der Waals surface area contributed by atoms with Crippen LogP contribution in [-0.4, -0.2) is 14.1 Å². The molecule has 0 radical (unpaired) electrons. The molecular formula is C54H35N3. The lowest BCUT2D eigenvalue weighted by molar-refractivity contribution is 0.769. The van der Waals surface area contributed by atoms with E-state index in [1.807, 2.05) is 12.4 Å². The summed E-state index contributed by atoms with van der Waals surface area (Å²) in [5, 5.41) is 4.89. The Hall–Kier alpha value is -7.49. The highest BCUT2D eigenvalue weighted by Crippen LogP contribution is 2.57. The van der Waals surface area contributed by atoms with E-state index in [4.69, 9.17) is 0 Å². The Morgan fingerprint density at radius 1 is 0.351 bits per heavy atom. The fourth-order valence-electron chi connectivity index (χ4n) is 9.88. The van der Waals surface area contributed by atoms with E-state index in [-0.39, 0.29) is 0 Å². The molecule has 12 rings (SSSR count). The van der Waals surface area contributed by atoms with Crippen LogP contribution in [0.1, 0.15) is 22.3 Å². The Labute approximate surface area is 330 Å². The lowest BCUT2D eigenvalue weighted by Gasteiger charge is -2.34. The van der Waals surface area contributed by atoms with Crippen molar-refractivity contribution in [2.75, 3.05) is 0 Å². The number of pyridine rings is 1. The first-order valence-electron chi connectivity index (χ1n) is 19.6. The lowest BCUT2D eigenvalue weighted by Crippen LogP contribution is -2.28. The molecule has 3 aromatic heterocycles. The van der Waals surface area contributed by atoms with Gasteiger partial charge in [0.25, 0.3) is 0 Å². The Bertz CT molecular complexity index is 3220. The Kier molecular flexibility index (Phi) is 6.84. The molecule has 0 atom stereocenters. The predicted octanol–water partition coefficient (Wildman–Crippen LogP) is 13.3. The molecule has 0 unspecified atom stereocenters. The number of hydrogen-bond acceptors (Lipinski definition) is 1. The van der Waals surface area contributed by atoms with Gasteiger partial charge in [-0.05, 0) is 99.1 Å². The monoisotopic (exact) mass is 725 g/mol. The van der Waals surface area contributed by atoms with Gasteiger partial charge in [-0.15, -0.1) is 0 Å². The summed E-state index contributed by atoms with van der Waals surface area (Å²) in [5.74, 6) is 0. The molecule has 0 spiro atoms. The van der Waals surface area contributed by atoms with Crippen LogP contribution >= 0.6 is 0 Å². The van der Waals surface area contributed by atoms with E-state index in [1.54, 1.807) is 0 Å². The van der Waals surface area contributed by atoms with Gasteiger partial charge in [-0.2, -0.15) is 0 Å². The molecule has 1 aliphatic rings. The van der Waals surface area contributed by atoms with Gasteiger partial charge in [0.2, 0.25) is 0 Å². The van der Waals surface area contributed by atoms with E-state index in [9.17, 15) is 0 Å². The van der Waals surface area contributed by atoms with E-state index in [0.717, 1.165) is 22.3 Å². The highest BCUT2D eigenvalue weighted by molar-refractivity contribution is 6.12. The molecule has 11 aromatic rings. The maximum atomic E-state index is 4.42. The van der Waals surface area contributed by atoms with Gasteiger partial charge in [0.05, 0.1) is 27.5 Å². The minimum atomic E-state index is -0.462. The van der Waals surface area contributed by atoms with Crippen molar-refractivity contribution in [3.63, 3.8) is 0 Å². The van der Waals surface area contributed by atoms with Gasteiger partial charge >= 0.3 is 0 Å². The standard InChI is InChI=1S/C54H35N3/c1-3-13-38(14-4-1)54(39-15-5-2-6-16-39)48-20-10-7-17-42(48)45-33-46-43-18-8-11-21-50(43)57(53(46)34-49(45)54)41-29-25-37(26-30-41)36-23-27-40(28-24-36)56-51-22-12-9-19-44(51)47-35-55-32-31-52(47)56/h1-35H. The third-order valence-electron chi connectivity index (χ3n) is 12.3. The maximum absolute atomic E-state index is 4.42. The summed E-state index contributed by atoms with van der Waals surface area (Å²) in [5.41, 5.74) is 16.7. The summed E-state index contributed by atoms with van der Waals surface area (Å²) in [7, 11) is 0. The molecule has 3 heterocycles. The van der Waals surface area contributed by atoms with Crippen molar-refractivity contribution in [2.24, 2.45) is 0 Å². The van der Waals surface area contributed by atoms with E-state index in [1.165, 1.54) is 77.2 Å². The molecule has 0 N–H and O–H groups in total. The van der Waals surface area contributed by atoms with Crippen molar-refractivity contribution in [2.45, 2.75) is 5.41 Å². The average Bonchev–Trinajstić information content (AvgIpc) is 3.90. The van der Waals surface area contributed by atoms with Crippen LogP contribution in [-0.2, 0) is 5.41 Å². The van der Waals surface area contributed by atoms with Gasteiger partial charge in [0.1, 0.15) is 0 Å². The Balaban J connectivity index is 1.01. The molecule has 1 aliphatic carbocycles. The zero-order valence-electron chi connectivity index (χ0n) is 31.0. The molecule has 0 amide bonds. The molecule has 8 aromatic carbocycles. The number of nitrogens with zero attached hydrogens (tertiary/aromatic N) is 3. The molecule has 3 heteroatoms. The second-order valence-corrected chi connectivity index (χ2v) is 15.1. The summed E-state index contributed by atoms with van der Waals surface area (Å²) in [6.45, 7) is 0. The number of fused-ring (bicyclic) bond motifs is 9. The van der Waals surface area contributed by atoms with Crippen LogP contribution < -0.4 is 0 Å². The molecule has 0 bridgehead atoms. The topological polar surface area (TPSA) is 22.8 Å². The van der Waals surface area contributed by atoms with Crippen LogP contribution in [0.5, 0.6) is 0 Å². The van der Waals surface area contributed by atoms with Crippen LogP contribution in [0.2, 0.25) is 0 Å². The third-order valence-corrected chi connectivity index (χ3v) is 12.3. The summed E-state index contributed by atoms with van der Waals surface area (Å²) >= 11 is 0. The van der Waals surface area contributed by atoms with Crippen LogP contribution in [0.4, 0.5) is 0 Å². The first-order chi connectivity index (χ1) is 28.3. The van der Waals surface area contributed by atoms with Gasteiger partial charge in [-0.1, -0.05) is 146 Å². The third kappa shape index (κ3) is 4.51. The minimum Gasteiger partial charge on any atom is -0.309 e. The van der Waals surface area contributed by atoms with Gasteiger partial charge in [0, 0.05) is 45.3 Å². The smallest absolute Gasteiger partial charge is 0.0714 e. The Morgan fingerprint density at radius 2 is 0.860 bits per heavy atom. The summed E-state index contributed by atoms with van der Waals surface area (Å²) in [4.78, 5) is 4.42. The van der Waals surface area contributed by atoms with Crippen molar-refractivity contribution in [3.8, 4) is 33.6 Å². The highest BCUT2D eigenvalue weighted by atomic mass is 15.0. The quantitative estimate of drug-likeness (QED) is 0.173. The van der Waals surface area contributed by atoms with Gasteiger partial charge < -0.3 is 9.13 Å². The first-order valence-corrected chi connectivity index (χ1v) is 19.6. The van der Waals surface area contributed by atoms with E-state index >= 15 is 0 Å². The molecular weight excluding hydrogens is 691 g/mol. The predicted molar refractivity (Wildman–Crippen MR) is 236 cm³/mol. The summed E-state index contributed by atoms with van der Waals surface area (Å²) in [6, 6.07) is 73.6. The zero-order chi connectivity index (χ0) is 37.5. The fourth-order valence-corrected chi connectivity index (χ4v) is 9.88. The number of aromatic nitrogens is 3. The minimum absolute atomic E-state index is 0.462. The van der Waals surface area contributed by atoms with E-state index < -0.39 is 5.41 Å². The molecule has 0 fully saturated rings. The second-order valence-electron chi connectivity index (χ2n) is 15.1. The van der Waals surface area contributed by atoms with E-state index in [2.05, 4.69) is 214 Å². The first kappa shape index (κ1) is 31.8. The highest BCUT2D eigenvalue weighted by Gasteiger charge is 2.46. The van der Waals surface area contributed by atoms with Gasteiger partial charge in [0.15, 0.2) is 0 Å². The SMILES string of the molecule is c1ccc(C2(c3ccccc3)c3ccccc3-c3cc4c5ccccc5n(-c5ccc(-c6ccc(-n7c8ccccc8c8cnccc87)cc6)cc5)c4cc32)cc1. The summed E-state index contributed by atoms with van der Waals surface area (Å²) in [6.07, 6.45) is 3.84. The second kappa shape index (κ2) is 12.3. The van der Waals surface area contributed by atoms with Gasteiger partial charge in [-0.3, -0.25) is 4.98 Å². The number of hydrogen-bond donors (Lipinski definition) is 0. The van der Waals surface area contributed by atoms with Crippen molar-refractivity contribution in [3.05, 3.63) is 235 Å². The largest absolute Gasteiger partial charge is 0.309 e. The molecule has 0 saturated carbocycles. The van der Waals surface area contributed by atoms with Crippen molar-refractivity contribution < 1.29 is 0 Å². The zero-order valence-corrected chi connectivity index (χ0v) is 31.0. The fraction of sp³-hybridized carbons (Fsp3) is 0.0185. The number of rotatable bonds is 5.